The number of rotatable bonds is 3. The maximum absolute atomic E-state index is 5.63. The predicted molar refractivity (Wildman–Crippen MR) is 80.3 cm³/mol. The van der Waals surface area contributed by atoms with Crippen LogP contribution in [-0.2, 0) is 0 Å². The zero-order chi connectivity index (χ0) is 13.2. The molecule has 0 aliphatic heterocycles. The molecule has 0 atom stereocenters. The van der Waals surface area contributed by atoms with E-state index in [0.29, 0.717) is 0 Å². The van der Waals surface area contributed by atoms with Crippen LogP contribution >= 0.6 is 0 Å². The molecule has 0 N–H and O–H groups in total. The number of ether oxygens (including phenoxy) is 1. The fraction of sp³-hybridized carbons (Fsp3) is 0.0588. The third kappa shape index (κ3) is 1.73. The highest BCUT2D eigenvalue weighted by atomic mass is 16.5. The Labute approximate surface area is 112 Å². The van der Waals surface area contributed by atoms with Crippen molar-refractivity contribution in [3.63, 3.8) is 0 Å². The van der Waals surface area contributed by atoms with Gasteiger partial charge in [0.2, 0.25) is 0 Å². The number of hydrogen-bond acceptors (Lipinski definition) is 1. The molecule has 2 heteroatoms. The second-order valence-corrected chi connectivity index (χ2v) is 4.32. The van der Waals surface area contributed by atoms with Gasteiger partial charge in [0.05, 0.1) is 18.3 Å². The van der Waals surface area contributed by atoms with Gasteiger partial charge in [0.1, 0.15) is 0 Å². The van der Waals surface area contributed by atoms with Gasteiger partial charge in [-0.1, -0.05) is 49.0 Å². The van der Waals surface area contributed by atoms with E-state index in [9.17, 15) is 0 Å². The highest BCUT2D eigenvalue weighted by Gasteiger charge is 2.17. The highest BCUT2D eigenvalue weighted by Crippen LogP contribution is 2.39. The number of fused-ring (bicyclic) bond motifs is 1. The van der Waals surface area contributed by atoms with E-state index in [2.05, 4.69) is 35.4 Å². The van der Waals surface area contributed by atoms with Crippen LogP contribution in [0, 0.1) is 0 Å². The Hall–Kier alpha value is -2.48. The van der Waals surface area contributed by atoms with Crippen LogP contribution in [0.25, 0.3) is 28.4 Å². The van der Waals surface area contributed by atoms with Crippen molar-refractivity contribution in [2.75, 3.05) is 7.11 Å². The summed E-state index contributed by atoms with van der Waals surface area (Å²) in [5.74, 6) is 0.890. The number of aromatic nitrogens is 1. The highest BCUT2D eigenvalue weighted by molar-refractivity contribution is 5.97. The molecule has 19 heavy (non-hydrogen) atoms. The predicted octanol–water partition coefficient (Wildman–Crippen LogP) is 4.42. The lowest BCUT2D eigenvalue weighted by Crippen LogP contribution is -1.91. The lowest BCUT2D eigenvalue weighted by molar-refractivity contribution is 0.421. The van der Waals surface area contributed by atoms with Crippen molar-refractivity contribution in [3.8, 4) is 17.0 Å². The van der Waals surface area contributed by atoms with Gasteiger partial charge in [0, 0.05) is 17.1 Å². The third-order valence-corrected chi connectivity index (χ3v) is 3.30. The van der Waals surface area contributed by atoms with E-state index >= 15 is 0 Å². The SMILES string of the molecule is C=Cn1c(-c2ccccc2)c(OC)c2ccccc21. The summed E-state index contributed by atoms with van der Waals surface area (Å²) in [7, 11) is 1.71. The van der Waals surface area contributed by atoms with Crippen molar-refractivity contribution in [1.82, 2.24) is 4.57 Å². The summed E-state index contributed by atoms with van der Waals surface area (Å²) in [6.07, 6.45) is 1.83. The van der Waals surface area contributed by atoms with Crippen molar-refractivity contribution in [3.05, 3.63) is 61.2 Å². The van der Waals surface area contributed by atoms with Crippen molar-refractivity contribution in [1.29, 1.82) is 0 Å². The summed E-state index contributed by atoms with van der Waals surface area (Å²) >= 11 is 0. The topological polar surface area (TPSA) is 14.2 Å². The molecule has 1 heterocycles. The maximum atomic E-state index is 5.63. The first-order valence-electron chi connectivity index (χ1n) is 6.21. The van der Waals surface area contributed by atoms with E-state index in [1.54, 1.807) is 7.11 Å². The number of nitrogens with zero attached hydrogens (tertiary/aromatic N) is 1. The molecule has 0 unspecified atom stereocenters. The fourth-order valence-corrected chi connectivity index (χ4v) is 2.50. The maximum Gasteiger partial charge on any atom is 0.152 e. The second-order valence-electron chi connectivity index (χ2n) is 4.32. The number of methoxy groups -OCH3 is 1. The Morgan fingerprint density at radius 1 is 1.00 bits per heavy atom. The minimum Gasteiger partial charge on any atom is -0.494 e. The van der Waals surface area contributed by atoms with Gasteiger partial charge in [-0.3, -0.25) is 0 Å². The summed E-state index contributed by atoms with van der Waals surface area (Å²) in [5.41, 5.74) is 3.27. The van der Waals surface area contributed by atoms with E-state index in [-0.39, 0.29) is 0 Å². The van der Waals surface area contributed by atoms with Crippen LogP contribution in [0.1, 0.15) is 0 Å². The normalized spacial score (nSPS) is 10.6. The van der Waals surface area contributed by atoms with Crippen LogP contribution in [0.2, 0.25) is 0 Å². The summed E-state index contributed by atoms with van der Waals surface area (Å²) < 4.78 is 7.70. The molecule has 2 aromatic carbocycles. The molecule has 0 radical (unpaired) electrons. The molecule has 0 fully saturated rings. The van der Waals surface area contributed by atoms with E-state index in [4.69, 9.17) is 4.74 Å². The van der Waals surface area contributed by atoms with E-state index < -0.39 is 0 Å². The first-order chi connectivity index (χ1) is 9.36. The van der Waals surface area contributed by atoms with Crippen LogP contribution in [-0.4, -0.2) is 11.7 Å². The summed E-state index contributed by atoms with van der Waals surface area (Å²) in [5, 5.41) is 1.10. The van der Waals surface area contributed by atoms with Gasteiger partial charge < -0.3 is 9.30 Å². The summed E-state index contributed by atoms with van der Waals surface area (Å²) in [6, 6.07) is 18.4. The fourth-order valence-electron chi connectivity index (χ4n) is 2.50. The first kappa shape index (κ1) is 11.6. The van der Waals surface area contributed by atoms with E-state index in [1.165, 1.54) is 0 Å². The Balaban J connectivity index is 2.43. The van der Waals surface area contributed by atoms with E-state index in [1.807, 2.05) is 36.5 Å². The Kier molecular flexibility index (Phi) is 2.84. The molecule has 0 saturated heterocycles. The lowest BCUT2D eigenvalue weighted by Gasteiger charge is -2.07. The molecular weight excluding hydrogens is 234 g/mol. The van der Waals surface area contributed by atoms with Gasteiger partial charge in [-0.05, 0) is 12.1 Å². The first-order valence-corrected chi connectivity index (χ1v) is 6.21. The minimum absolute atomic E-state index is 0.890. The van der Waals surface area contributed by atoms with Gasteiger partial charge in [0.25, 0.3) is 0 Å². The van der Waals surface area contributed by atoms with Crippen molar-refractivity contribution in [2.45, 2.75) is 0 Å². The third-order valence-electron chi connectivity index (χ3n) is 3.30. The molecule has 0 amide bonds. The number of para-hydroxylation sites is 1. The molecule has 2 nitrogen and oxygen atoms in total. The summed E-state index contributed by atoms with van der Waals surface area (Å²) in [6.45, 7) is 3.92. The average Bonchev–Trinajstić information content (AvgIpc) is 2.81. The number of benzene rings is 2. The molecular formula is C17H15NO. The molecule has 3 aromatic rings. The zero-order valence-corrected chi connectivity index (χ0v) is 10.8. The largest absolute Gasteiger partial charge is 0.494 e. The quantitative estimate of drug-likeness (QED) is 0.670. The van der Waals surface area contributed by atoms with Gasteiger partial charge in [-0.2, -0.15) is 0 Å². The molecule has 0 spiro atoms. The molecule has 1 aromatic heterocycles. The average molecular weight is 249 g/mol. The summed E-state index contributed by atoms with van der Waals surface area (Å²) in [4.78, 5) is 0. The van der Waals surface area contributed by atoms with Crippen molar-refractivity contribution in [2.24, 2.45) is 0 Å². The van der Waals surface area contributed by atoms with Crippen LogP contribution in [0.5, 0.6) is 5.75 Å². The molecule has 0 saturated carbocycles. The van der Waals surface area contributed by atoms with Crippen LogP contribution < -0.4 is 4.74 Å². The molecule has 0 aliphatic carbocycles. The minimum atomic E-state index is 0.890. The smallest absolute Gasteiger partial charge is 0.152 e. The number of hydrogen-bond donors (Lipinski definition) is 0. The standard InChI is InChI=1S/C17H15NO/c1-3-18-15-12-8-7-11-14(15)17(19-2)16(18)13-9-5-4-6-10-13/h3-12H,1H2,2H3. The van der Waals surface area contributed by atoms with Gasteiger partial charge >= 0.3 is 0 Å². The Morgan fingerprint density at radius 2 is 1.68 bits per heavy atom. The molecule has 94 valence electrons. The zero-order valence-electron chi connectivity index (χ0n) is 10.8. The Morgan fingerprint density at radius 3 is 2.37 bits per heavy atom. The van der Waals surface area contributed by atoms with Gasteiger partial charge in [0.15, 0.2) is 5.75 Å². The monoisotopic (exact) mass is 249 g/mol. The molecule has 0 aliphatic rings. The Bertz CT molecular complexity index is 726. The lowest BCUT2D eigenvalue weighted by atomic mass is 10.1. The van der Waals surface area contributed by atoms with Gasteiger partial charge in [-0.15, -0.1) is 0 Å². The molecule has 0 bridgehead atoms. The van der Waals surface area contributed by atoms with Crippen molar-refractivity contribution >= 4 is 17.1 Å². The second kappa shape index (κ2) is 4.65. The van der Waals surface area contributed by atoms with Crippen LogP contribution in [0.3, 0.4) is 0 Å². The molecule has 3 rings (SSSR count). The van der Waals surface area contributed by atoms with Crippen LogP contribution in [0.15, 0.2) is 61.2 Å². The van der Waals surface area contributed by atoms with Gasteiger partial charge in [-0.25, -0.2) is 0 Å². The van der Waals surface area contributed by atoms with Crippen molar-refractivity contribution < 1.29 is 4.74 Å². The van der Waals surface area contributed by atoms with Crippen LogP contribution in [0.4, 0.5) is 0 Å². The van der Waals surface area contributed by atoms with E-state index in [0.717, 1.165) is 27.9 Å².